The number of carbonyl (C=O) groups is 1. The molecule has 1 aliphatic heterocycles. The maximum absolute atomic E-state index is 12.7. The molecule has 0 aromatic heterocycles. The van der Waals surface area contributed by atoms with Crippen LogP contribution in [0.15, 0.2) is 47.4 Å². The summed E-state index contributed by atoms with van der Waals surface area (Å²) >= 11 is 0. The van der Waals surface area contributed by atoms with Gasteiger partial charge in [-0.1, -0.05) is 31.2 Å². The lowest BCUT2D eigenvalue weighted by atomic mass is 10.1. The monoisotopic (exact) mass is 430 g/mol. The number of sulfonamides is 1. The molecule has 1 amide bonds. The second-order valence-electron chi connectivity index (χ2n) is 7.77. The van der Waals surface area contributed by atoms with Crippen LogP contribution in [-0.2, 0) is 21.2 Å². The first kappa shape index (κ1) is 22.3. The third-order valence-electron chi connectivity index (χ3n) is 5.66. The molecule has 162 valence electrons. The maximum Gasteiger partial charge on any atom is 0.260 e. The number of nitrogens with one attached hydrogen (secondary N) is 1. The van der Waals surface area contributed by atoms with Crippen molar-refractivity contribution >= 4 is 15.9 Å². The summed E-state index contributed by atoms with van der Waals surface area (Å²) in [5, 5.41) is 0. The second kappa shape index (κ2) is 9.62. The molecule has 0 unspecified atom stereocenters. The summed E-state index contributed by atoms with van der Waals surface area (Å²) in [5.74, 6) is 0.667. The van der Waals surface area contributed by atoms with E-state index in [1.165, 1.54) is 0 Å². The van der Waals surface area contributed by atoms with Crippen LogP contribution < -0.4 is 9.46 Å². The van der Waals surface area contributed by atoms with Crippen molar-refractivity contribution in [3.63, 3.8) is 0 Å². The van der Waals surface area contributed by atoms with E-state index in [0.717, 1.165) is 28.9 Å². The molecule has 0 radical (unpaired) electrons. The molecule has 1 saturated heterocycles. The average Bonchev–Trinajstić information content (AvgIpc) is 2.74. The lowest BCUT2D eigenvalue weighted by Gasteiger charge is -2.32. The molecule has 0 bridgehead atoms. The minimum absolute atomic E-state index is 0.00392. The van der Waals surface area contributed by atoms with Gasteiger partial charge >= 0.3 is 0 Å². The number of hydrogen-bond acceptors (Lipinski definition) is 4. The van der Waals surface area contributed by atoms with Gasteiger partial charge < -0.3 is 9.64 Å². The van der Waals surface area contributed by atoms with Gasteiger partial charge in [-0.3, -0.25) is 4.79 Å². The van der Waals surface area contributed by atoms with Gasteiger partial charge in [0, 0.05) is 19.1 Å². The van der Waals surface area contributed by atoms with Gasteiger partial charge in [-0.25, -0.2) is 13.1 Å². The van der Waals surface area contributed by atoms with E-state index < -0.39 is 10.0 Å². The molecule has 0 saturated carbocycles. The van der Waals surface area contributed by atoms with Crippen LogP contribution in [-0.4, -0.2) is 45.0 Å². The first-order valence-corrected chi connectivity index (χ1v) is 11.9. The Morgan fingerprint density at radius 3 is 2.47 bits per heavy atom. The van der Waals surface area contributed by atoms with Crippen molar-refractivity contribution in [1.29, 1.82) is 0 Å². The summed E-state index contributed by atoms with van der Waals surface area (Å²) in [6.45, 7) is 6.93. The Morgan fingerprint density at radius 1 is 1.10 bits per heavy atom. The number of carbonyl (C=O) groups excluding carboxylic acids is 1. The number of benzene rings is 2. The summed E-state index contributed by atoms with van der Waals surface area (Å²) in [5.41, 5.74) is 3.08. The van der Waals surface area contributed by atoms with Crippen molar-refractivity contribution < 1.29 is 17.9 Å². The Labute approximate surface area is 179 Å². The molecule has 30 heavy (non-hydrogen) atoms. The first-order chi connectivity index (χ1) is 14.3. The summed E-state index contributed by atoms with van der Waals surface area (Å²) < 4.78 is 33.9. The van der Waals surface area contributed by atoms with Gasteiger partial charge in [-0.2, -0.15) is 0 Å². The topological polar surface area (TPSA) is 75.7 Å². The summed E-state index contributed by atoms with van der Waals surface area (Å²) in [6, 6.07) is 12.7. The highest BCUT2D eigenvalue weighted by Gasteiger charge is 2.27. The summed E-state index contributed by atoms with van der Waals surface area (Å²) in [6.07, 6.45) is 2.01. The third kappa shape index (κ3) is 5.40. The summed E-state index contributed by atoms with van der Waals surface area (Å²) in [7, 11) is -3.57. The summed E-state index contributed by atoms with van der Waals surface area (Å²) in [4.78, 5) is 14.5. The SMILES string of the molecule is CCc1ccccc1OCC(=O)N1CCC(NS(=O)(=O)c2ccc(C)c(C)c2)CC1. The van der Waals surface area contributed by atoms with Crippen LogP contribution in [0, 0.1) is 13.8 Å². The van der Waals surface area contributed by atoms with Crippen LogP contribution in [0.3, 0.4) is 0 Å². The zero-order valence-corrected chi connectivity index (χ0v) is 18.7. The molecule has 1 aliphatic rings. The van der Waals surface area contributed by atoms with Gasteiger partial charge in [0.2, 0.25) is 10.0 Å². The zero-order valence-electron chi connectivity index (χ0n) is 17.8. The molecular formula is C23H30N2O4S. The lowest BCUT2D eigenvalue weighted by Crippen LogP contribution is -2.47. The molecule has 2 aromatic carbocycles. The second-order valence-corrected chi connectivity index (χ2v) is 9.49. The van der Waals surface area contributed by atoms with Crippen LogP contribution in [0.5, 0.6) is 5.75 Å². The van der Waals surface area contributed by atoms with Crippen molar-refractivity contribution in [3.05, 3.63) is 59.2 Å². The quantitative estimate of drug-likeness (QED) is 0.732. The molecular weight excluding hydrogens is 400 g/mol. The van der Waals surface area contributed by atoms with Gasteiger partial charge in [-0.05, 0) is 68.0 Å². The number of ether oxygens (including phenoxy) is 1. The van der Waals surface area contributed by atoms with Gasteiger partial charge in [0.05, 0.1) is 4.90 Å². The Kier molecular flexibility index (Phi) is 7.15. The number of para-hydroxylation sites is 1. The fourth-order valence-electron chi connectivity index (χ4n) is 3.58. The molecule has 0 aliphatic carbocycles. The Morgan fingerprint density at radius 2 is 1.80 bits per heavy atom. The smallest absolute Gasteiger partial charge is 0.260 e. The van der Waals surface area contributed by atoms with E-state index in [0.29, 0.717) is 25.9 Å². The highest BCUT2D eigenvalue weighted by molar-refractivity contribution is 7.89. The Hall–Kier alpha value is -2.38. The number of hydrogen-bond donors (Lipinski definition) is 1. The molecule has 1 heterocycles. The van der Waals surface area contributed by atoms with E-state index in [9.17, 15) is 13.2 Å². The van der Waals surface area contributed by atoms with E-state index in [-0.39, 0.29) is 23.5 Å². The van der Waals surface area contributed by atoms with E-state index in [4.69, 9.17) is 4.74 Å². The van der Waals surface area contributed by atoms with Crippen molar-refractivity contribution in [1.82, 2.24) is 9.62 Å². The zero-order chi connectivity index (χ0) is 21.7. The largest absolute Gasteiger partial charge is 0.483 e. The van der Waals surface area contributed by atoms with Crippen LogP contribution >= 0.6 is 0 Å². The standard InChI is InChI=1S/C23H30N2O4S/c1-4-19-7-5-6-8-22(19)29-16-23(26)25-13-11-20(12-14-25)24-30(27,28)21-10-9-17(2)18(3)15-21/h5-10,15,20,24H,4,11-14,16H2,1-3H3. The van der Waals surface area contributed by atoms with E-state index in [2.05, 4.69) is 4.72 Å². The predicted molar refractivity (Wildman–Crippen MR) is 117 cm³/mol. The molecule has 1 N–H and O–H groups in total. The highest BCUT2D eigenvalue weighted by Crippen LogP contribution is 2.20. The highest BCUT2D eigenvalue weighted by atomic mass is 32.2. The number of piperidine rings is 1. The molecule has 0 spiro atoms. The van der Waals surface area contributed by atoms with E-state index >= 15 is 0 Å². The predicted octanol–water partition coefficient (Wildman–Crippen LogP) is 3.21. The number of amides is 1. The van der Waals surface area contributed by atoms with Gasteiger partial charge in [0.1, 0.15) is 5.75 Å². The number of rotatable bonds is 7. The number of nitrogens with zero attached hydrogens (tertiary/aromatic N) is 1. The van der Waals surface area contributed by atoms with Crippen molar-refractivity contribution in [2.75, 3.05) is 19.7 Å². The number of aryl methyl sites for hydroxylation is 3. The fourth-order valence-corrected chi connectivity index (χ4v) is 4.97. The minimum Gasteiger partial charge on any atom is -0.483 e. The minimum atomic E-state index is -3.57. The molecule has 1 fully saturated rings. The number of likely N-dealkylation sites (tertiary alicyclic amines) is 1. The lowest BCUT2D eigenvalue weighted by molar-refractivity contribution is -0.134. The van der Waals surface area contributed by atoms with Gasteiger partial charge in [-0.15, -0.1) is 0 Å². The molecule has 2 aromatic rings. The van der Waals surface area contributed by atoms with Crippen molar-refractivity contribution in [3.8, 4) is 5.75 Å². The third-order valence-corrected chi connectivity index (χ3v) is 7.18. The molecule has 3 rings (SSSR count). The van der Waals surface area contributed by atoms with Gasteiger partial charge in [0.15, 0.2) is 6.61 Å². The average molecular weight is 431 g/mol. The molecule has 7 heteroatoms. The van der Waals surface area contributed by atoms with Crippen LogP contribution in [0.2, 0.25) is 0 Å². The normalized spacial score (nSPS) is 15.2. The Bertz CT molecular complexity index is 996. The van der Waals surface area contributed by atoms with Crippen molar-refractivity contribution in [2.45, 2.75) is 51.0 Å². The van der Waals surface area contributed by atoms with Crippen molar-refractivity contribution in [2.24, 2.45) is 0 Å². The van der Waals surface area contributed by atoms with Crippen LogP contribution in [0.25, 0.3) is 0 Å². The Balaban J connectivity index is 1.51. The fraction of sp³-hybridized carbons (Fsp3) is 0.435. The van der Waals surface area contributed by atoms with Gasteiger partial charge in [0.25, 0.3) is 5.91 Å². The molecule has 0 atom stereocenters. The maximum atomic E-state index is 12.7. The van der Waals surface area contributed by atoms with E-state index in [1.807, 2.05) is 51.1 Å². The first-order valence-electron chi connectivity index (χ1n) is 10.4. The van der Waals surface area contributed by atoms with E-state index in [1.54, 1.807) is 17.0 Å². The van der Waals surface area contributed by atoms with Crippen LogP contribution in [0.1, 0.15) is 36.5 Å². The van der Waals surface area contributed by atoms with Crippen LogP contribution in [0.4, 0.5) is 0 Å². The molecule has 6 nitrogen and oxygen atoms in total.